The molecule has 3 nitrogen and oxygen atoms in total. The van der Waals surface area contributed by atoms with Gasteiger partial charge < -0.3 is 0 Å². The molecule has 0 radical (unpaired) electrons. The minimum absolute atomic E-state index is 0.00540. The largest absolute Gasteiger partial charge is 0.268 e. The molecular weight excluding hydrogens is 267 g/mol. The molecule has 0 unspecified atom stereocenters. The van der Waals surface area contributed by atoms with Crippen molar-refractivity contribution in [2.24, 2.45) is 0 Å². The highest BCUT2D eigenvalue weighted by Gasteiger charge is 2.14. The second kappa shape index (κ2) is 6.31. The predicted molar refractivity (Wildman–Crippen MR) is 84.6 cm³/mol. The van der Waals surface area contributed by atoms with Crippen LogP contribution in [0.4, 0.5) is 4.39 Å². The van der Waals surface area contributed by atoms with Crippen LogP contribution in [0.15, 0.2) is 54.4 Å². The summed E-state index contributed by atoms with van der Waals surface area (Å²) in [4.78, 5) is 17.1. The zero-order chi connectivity index (χ0) is 15.4. The summed E-state index contributed by atoms with van der Waals surface area (Å²) in [5.41, 5.74) is 0.493. The first-order chi connectivity index (χ1) is 10.1. The molecule has 0 amide bonds. The summed E-state index contributed by atoms with van der Waals surface area (Å²) >= 11 is 0. The van der Waals surface area contributed by atoms with Gasteiger partial charge in [-0.3, -0.25) is 9.36 Å². The lowest BCUT2D eigenvalue weighted by atomic mass is 10.2. The van der Waals surface area contributed by atoms with Gasteiger partial charge in [0.25, 0.3) is 5.56 Å². The fourth-order valence-electron chi connectivity index (χ4n) is 2.25. The van der Waals surface area contributed by atoms with Gasteiger partial charge in [-0.25, -0.2) is 9.37 Å². The average molecular weight is 284 g/mol. The lowest BCUT2D eigenvalue weighted by Crippen LogP contribution is -2.25. The summed E-state index contributed by atoms with van der Waals surface area (Å²) in [7, 11) is 0. The van der Waals surface area contributed by atoms with Gasteiger partial charge in [-0.05, 0) is 30.7 Å². The first kappa shape index (κ1) is 14.9. The second-order valence-electron chi connectivity index (χ2n) is 4.58. The van der Waals surface area contributed by atoms with Crippen LogP contribution in [0.25, 0.3) is 16.6 Å². The summed E-state index contributed by atoms with van der Waals surface area (Å²) in [5, 5.41) is -0.00540. The monoisotopic (exact) mass is 284 g/mol. The molecule has 0 atom stereocenters. The molecule has 1 heterocycles. The van der Waals surface area contributed by atoms with E-state index in [9.17, 15) is 9.18 Å². The molecule has 21 heavy (non-hydrogen) atoms. The van der Waals surface area contributed by atoms with Crippen LogP contribution in [0, 0.1) is 5.82 Å². The van der Waals surface area contributed by atoms with E-state index >= 15 is 0 Å². The molecule has 2 rings (SSSR count). The highest BCUT2D eigenvalue weighted by molar-refractivity contribution is 5.79. The maximum absolute atomic E-state index is 14.0. The number of fused-ring (bicyclic) bond motifs is 1. The van der Waals surface area contributed by atoms with E-state index in [1.54, 1.807) is 24.3 Å². The quantitative estimate of drug-likeness (QED) is 0.785. The van der Waals surface area contributed by atoms with Crippen molar-refractivity contribution in [3.05, 3.63) is 71.6 Å². The van der Waals surface area contributed by atoms with Gasteiger partial charge in [-0.15, -0.1) is 0 Å². The maximum atomic E-state index is 14.0. The van der Waals surface area contributed by atoms with E-state index in [-0.39, 0.29) is 5.39 Å². The minimum atomic E-state index is -0.566. The first-order valence-corrected chi connectivity index (χ1v) is 6.79. The number of aryl methyl sites for hydroxylation is 1. The van der Waals surface area contributed by atoms with Crippen LogP contribution in [0.2, 0.25) is 0 Å². The maximum Gasteiger partial charge on any atom is 0.268 e. The highest BCUT2D eigenvalue weighted by Crippen LogP contribution is 2.16. The van der Waals surface area contributed by atoms with E-state index in [1.165, 1.54) is 16.7 Å². The average Bonchev–Trinajstić information content (AvgIpc) is 2.46. The molecule has 4 heteroatoms. The number of hydrogen-bond acceptors (Lipinski definition) is 2. The number of nitrogens with zero attached hydrogens (tertiary/aromatic N) is 2. The van der Waals surface area contributed by atoms with Crippen molar-refractivity contribution in [2.75, 3.05) is 0 Å². The molecule has 0 spiro atoms. The van der Waals surface area contributed by atoms with Gasteiger partial charge in [0, 0.05) is 12.1 Å². The summed E-state index contributed by atoms with van der Waals surface area (Å²) in [5.74, 6) is 0.0254. The molecule has 0 aliphatic rings. The molecule has 0 saturated carbocycles. The Hall–Kier alpha value is -2.49. The Morgan fingerprint density at radius 3 is 2.81 bits per heavy atom. The van der Waals surface area contributed by atoms with Crippen molar-refractivity contribution in [3.8, 4) is 0 Å². The van der Waals surface area contributed by atoms with Crippen LogP contribution in [0.5, 0.6) is 0 Å². The van der Waals surface area contributed by atoms with E-state index in [0.29, 0.717) is 23.5 Å². The molecule has 0 aliphatic heterocycles. The van der Waals surface area contributed by atoms with Crippen LogP contribution in [-0.2, 0) is 6.42 Å². The van der Waals surface area contributed by atoms with Gasteiger partial charge in [0.15, 0.2) is 0 Å². The molecule has 0 bridgehead atoms. The minimum Gasteiger partial charge on any atom is -0.268 e. The van der Waals surface area contributed by atoms with Crippen molar-refractivity contribution >= 4 is 16.6 Å². The first-order valence-electron chi connectivity index (χ1n) is 6.79. The zero-order valence-corrected chi connectivity index (χ0v) is 12.0. The third kappa shape index (κ3) is 2.70. The smallest absolute Gasteiger partial charge is 0.268 e. The Morgan fingerprint density at radius 2 is 2.19 bits per heavy atom. The third-order valence-electron chi connectivity index (χ3n) is 3.15. The van der Waals surface area contributed by atoms with E-state index < -0.39 is 11.4 Å². The van der Waals surface area contributed by atoms with Crippen molar-refractivity contribution < 1.29 is 4.39 Å². The Kier molecular flexibility index (Phi) is 4.48. The number of hydrogen-bond donors (Lipinski definition) is 0. The van der Waals surface area contributed by atoms with Gasteiger partial charge in [0.2, 0.25) is 0 Å². The summed E-state index contributed by atoms with van der Waals surface area (Å²) in [6.45, 7) is 9.33. The number of aromatic nitrogens is 2. The predicted octanol–water partition coefficient (Wildman–Crippen LogP) is 3.70. The molecule has 1 aromatic heterocycles. The van der Waals surface area contributed by atoms with Gasteiger partial charge in [0.1, 0.15) is 17.0 Å². The van der Waals surface area contributed by atoms with Crippen molar-refractivity contribution in [2.45, 2.75) is 19.8 Å². The van der Waals surface area contributed by atoms with E-state index in [1.807, 2.05) is 6.92 Å². The van der Waals surface area contributed by atoms with E-state index in [2.05, 4.69) is 18.1 Å². The van der Waals surface area contributed by atoms with Crippen molar-refractivity contribution in [1.82, 2.24) is 9.55 Å². The van der Waals surface area contributed by atoms with Gasteiger partial charge in [-0.2, -0.15) is 0 Å². The Morgan fingerprint density at radius 1 is 1.43 bits per heavy atom. The number of rotatable bonds is 5. The van der Waals surface area contributed by atoms with Gasteiger partial charge in [0.05, 0.1) is 5.52 Å². The topological polar surface area (TPSA) is 34.9 Å². The van der Waals surface area contributed by atoms with Crippen LogP contribution in [-0.4, -0.2) is 9.55 Å². The fraction of sp³-hybridized carbons (Fsp3) is 0.176. The zero-order valence-electron chi connectivity index (χ0n) is 12.0. The molecule has 0 aliphatic carbocycles. The van der Waals surface area contributed by atoms with Crippen molar-refractivity contribution in [3.63, 3.8) is 0 Å². The van der Waals surface area contributed by atoms with E-state index in [0.717, 1.165) is 6.42 Å². The fourth-order valence-corrected chi connectivity index (χ4v) is 2.25. The number of benzene rings is 1. The standard InChI is InChI=1S/C17H17FN2O/c1-4-8-12(6-3)20-15(9-5-2)19-14-11-7-10-13(18)16(14)17(20)21/h4,6-8,10-11H,1,3,5,9H2,2H3/b12-8+. The Labute approximate surface area is 122 Å². The summed E-state index contributed by atoms with van der Waals surface area (Å²) in [6.07, 6.45) is 6.19. The van der Waals surface area contributed by atoms with Crippen LogP contribution < -0.4 is 5.56 Å². The van der Waals surface area contributed by atoms with Gasteiger partial charge in [-0.1, -0.05) is 32.2 Å². The molecule has 1 aromatic carbocycles. The molecule has 108 valence electrons. The lowest BCUT2D eigenvalue weighted by molar-refractivity contribution is 0.636. The van der Waals surface area contributed by atoms with Crippen LogP contribution in [0.3, 0.4) is 0 Å². The molecule has 0 saturated heterocycles. The Bertz CT molecular complexity index is 787. The molecule has 2 aromatic rings. The number of allylic oxidation sites excluding steroid dienone is 4. The highest BCUT2D eigenvalue weighted by atomic mass is 19.1. The SMILES string of the molecule is C=C/C=C(\C=C)n1c(CCC)nc2cccc(F)c2c1=O. The van der Waals surface area contributed by atoms with E-state index in [4.69, 9.17) is 0 Å². The summed E-state index contributed by atoms with van der Waals surface area (Å²) < 4.78 is 15.4. The Balaban J connectivity index is 2.92. The van der Waals surface area contributed by atoms with Crippen LogP contribution in [0.1, 0.15) is 19.2 Å². The normalized spacial score (nSPS) is 11.6. The molecular formula is C17H17FN2O. The molecule has 0 N–H and O–H groups in total. The third-order valence-corrected chi connectivity index (χ3v) is 3.15. The second-order valence-corrected chi connectivity index (χ2v) is 4.58. The molecule has 0 fully saturated rings. The lowest BCUT2D eigenvalue weighted by Gasteiger charge is -2.13. The van der Waals surface area contributed by atoms with Crippen LogP contribution >= 0.6 is 0 Å². The number of halogens is 1. The summed E-state index contributed by atoms with van der Waals surface area (Å²) in [6, 6.07) is 4.46. The van der Waals surface area contributed by atoms with Gasteiger partial charge >= 0.3 is 0 Å². The van der Waals surface area contributed by atoms with Crippen molar-refractivity contribution in [1.29, 1.82) is 0 Å².